The van der Waals surface area contributed by atoms with Gasteiger partial charge in [0.05, 0.1) is 5.92 Å². The third-order valence-electron chi connectivity index (χ3n) is 3.47. The van der Waals surface area contributed by atoms with Crippen LogP contribution in [0.25, 0.3) is 0 Å². The molecule has 1 saturated heterocycles. The van der Waals surface area contributed by atoms with E-state index in [0.29, 0.717) is 5.56 Å². The summed E-state index contributed by atoms with van der Waals surface area (Å²) in [6.45, 7) is 1.73. The minimum Gasteiger partial charge on any atom is -0.345 e. The Morgan fingerprint density at radius 3 is 2.43 bits per heavy atom. The molecule has 2 amide bonds. The highest BCUT2D eigenvalue weighted by Gasteiger charge is 2.20. The first-order chi connectivity index (χ1) is 9.58. The molecule has 2 rings (SSSR count). The monoisotopic (exact) mass is 311 g/mol. The lowest BCUT2D eigenvalue weighted by molar-refractivity contribution is -0.120. The topological polar surface area (TPSA) is 61.4 Å². The van der Waals surface area contributed by atoms with E-state index in [1.165, 1.54) is 4.90 Å². The van der Waals surface area contributed by atoms with Gasteiger partial charge in [-0.15, -0.1) is 12.4 Å². The van der Waals surface area contributed by atoms with E-state index < -0.39 is 0 Å². The van der Waals surface area contributed by atoms with Crippen LogP contribution in [0.2, 0.25) is 0 Å². The van der Waals surface area contributed by atoms with Crippen molar-refractivity contribution in [2.24, 2.45) is 5.92 Å². The molecule has 2 N–H and O–H groups in total. The highest BCUT2D eigenvalue weighted by Crippen LogP contribution is 2.15. The van der Waals surface area contributed by atoms with Crippen LogP contribution in [-0.4, -0.2) is 43.9 Å². The Bertz CT molecular complexity index is 482. The molecule has 1 unspecified atom stereocenters. The van der Waals surface area contributed by atoms with Gasteiger partial charge in [-0.3, -0.25) is 9.59 Å². The predicted octanol–water partition coefficient (Wildman–Crippen LogP) is 1.75. The van der Waals surface area contributed by atoms with Gasteiger partial charge in [0.25, 0.3) is 5.91 Å². The van der Waals surface area contributed by atoms with Crippen LogP contribution in [0.15, 0.2) is 24.3 Å². The summed E-state index contributed by atoms with van der Waals surface area (Å²) < 4.78 is 0. The van der Waals surface area contributed by atoms with Gasteiger partial charge in [-0.25, -0.2) is 0 Å². The standard InChI is InChI=1S/C15H21N3O2.ClH/c1-18(2)15(20)11-5-7-13(8-6-11)17-14(19)12-4-3-9-16-10-12;/h5-8,12,16H,3-4,9-10H2,1-2H3,(H,17,19);1H. The van der Waals surface area contributed by atoms with Crippen molar-refractivity contribution in [1.29, 1.82) is 0 Å². The maximum atomic E-state index is 12.1. The average Bonchev–Trinajstić information content (AvgIpc) is 2.48. The quantitative estimate of drug-likeness (QED) is 0.894. The second-order valence-corrected chi connectivity index (χ2v) is 5.31. The number of hydrogen-bond donors (Lipinski definition) is 2. The van der Waals surface area contributed by atoms with Gasteiger partial charge in [0.15, 0.2) is 0 Å². The lowest BCUT2D eigenvalue weighted by Crippen LogP contribution is -2.37. The SMILES string of the molecule is CN(C)C(=O)c1ccc(NC(=O)C2CCCNC2)cc1.Cl. The van der Waals surface area contributed by atoms with Crippen LogP contribution in [0.5, 0.6) is 0 Å². The molecule has 1 aliphatic rings. The van der Waals surface area contributed by atoms with Crippen molar-refractivity contribution >= 4 is 29.9 Å². The van der Waals surface area contributed by atoms with Crippen LogP contribution >= 0.6 is 12.4 Å². The fourth-order valence-electron chi connectivity index (χ4n) is 2.27. The van der Waals surface area contributed by atoms with E-state index in [1.807, 2.05) is 0 Å². The number of amides is 2. The highest BCUT2D eigenvalue weighted by atomic mass is 35.5. The van der Waals surface area contributed by atoms with E-state index in [-0.39, 0.29) is 30.1 Å². The van der Waals surface area contributed by atoms with Crippen molar-refractivity contribution in [1.82, 2.24) is 10.2 Å². The second kappa shape index (κ2) is 8.00. The smallest absolute Gasteiger partial charge is 0.253 e. The summed E-state index contributed by atoms with van der Waals surface area (Å²) >= 11 is 0. The Morgan fingerprint density at radius 2 is 1.90 bits per heavy atom. The average molecular weight is 312 g/mol. The Balaban J connectivity index is 0.00000220. The second-order valence-electron chi connectivity index (χ2n) is 5.31. The van der Waals surface area contributed by atoms with E-state index in [9.17, 15) is 9.59 Å². The fraction of sp³-hybridized carbons (Fsp3) is 0.467. The largest absolute Gasteiger partial charge is 0.345 e. The van der Waals surface area contributed by atoms with E-state index >= 15 is 0 Å². The molecular formula is C15H22ClN3O2. The van der Waals surface area contributed by atoms with Crippen molar-refractivity contribution < 1.29 is 9.59 Å². The summed E-state index contributed by atoms with van der Waals surface area (Å²) in [6, 6.07) is 7.00. The number of nitrogens with zero attached hydrogens (tertiary/aromatic N) is 1. The van der Waals surface area contributed by atoms with Crippen molar-refractivity contribution in [3.05, 3.63) is 29.8 Å². The predicted molar refractivity (Wildman–Crippen MR) is 85.9 cm³/mol. The third kappa shape index (κ3) is 4.72. The Kier molecular flexibility index (Phi) is 6.65. The van der Waals surface area contributed by atoms with E-state index in [1.54, 1.807) is 38.4 Å². The maximum absolute atomic E-state index is 12.1. The van der Waals surface area contributed by atoms with Crippen LogP contribution in [-0.2, 0) is 4.79 Å². The molecule has 1 fully saturated rings. The molecule has 1 aromatic rings. The number of halogens is 1. The molecule has 1 aliphatic heterocycles. The van der Waals surface area contributed by atoms with Crippen LogP contribution in [0.1, 0.15) is 23.2 Å². The van der Waals surface area contributed by atoms with Crippen LogP contribution in [0.4, 0.5) is 5.69 Å². The summed E-state index contributed by atoms with van der Waals surface area (Å²) in [5, 5.41) is 6.13. The molecule has 1 atom stereocenters. The number of piperidine rings is 1. The van der Waals surface area contributed by atoms with Gasteiger partial charge in [-0.1, -0.05) is 0 Å². The number of anilines is 1. The van der Waals surface area contributed by atoms with Gasteiger partial charge < -0.3 is 15.5 Å². The van der Waals surface area contributed by atoms with Gasteiger partial charge in [-0.05, 0) is 43.7 Å². The minimum atomic E-state index is -0.0423. The Hall–Kier alpha value is -1.59. The number of carbonyl (C=O) groups is 2. The van der Waals surface area contributed by atoms with E-state index in [4.69, 9.17) is 0 Å². The Morgan fingerprint density at radius 1 is 1.24 bits per heavy atom. The molecule has 1 aromatic carbocycles. The zero-order chi connectivity index (χ0) is 14.5. The summed E-state index contributed by atoms with van der Waals surface area (Å²) in [5.41, 5.74) is 1.35. The van der Waals surface area contributed by atoms with E-state index in [0.717, 1.165) is 31.6 Å². The van der Waals surface area contributed by atoms with Crippen LogP contribution in [0.3, 0.4) is 0 Å². The summed E-state index contributed by atoms with van der Waals surface area (Å²) in [7, 11) is 3.43. The van der Waals surface area contributed by atoms with E-state index in [2.05, 4.69) is 10.6 Å². The zero-order valence-corrected chi connectivity index (χ0v) is 13.2. The normalized spacial score (nSPS) is 17.5. The van der Waals surface area contributed by atoms with Crippen LogP contribution in [0, 0.1) is 5.92 Å². The number of rotatable bonds is 3. The molecule has 0 aliphatic carbocycles. The van der Waals surface area contributed by atoms with Gasteiger partial charge >= 0.3 is 0 Å². The first kappa shape index (κ1) is 17.5. The maximum Gasteiger partial charge on any atom is 0.253 e. The van der Waals surface area contributed by atoms with Crippen LogP contribution < -0.4 is 10.6 Å². The molecular weight excluding hydrogens is 290 g/mol. The molecule has 0 radical (unpaired) electrons. The number of hydrogen-bond acceptors (Lipinski definition) is 3. The van der Waals surface area contributed by atoms with Gasteiger partial charge in [-0.2, -0.15) is 0 Å². The number of benzene rings is 1. The summed E-state index contributed by atoms with van der Waals surface area (Å²) in [4.78, 5) is 25.4. The third-order valence-corrected chi connectivity index (χ3v) is 3.47. The van der Waals surface area contributed by atoms with Gasteiger partial charge in [0.1, 0.15) is 0 Å². The van der Waals surface area contributed by atoms with Crippen molar-refractivity contribution in [2.45, 2.75) is 12.8 Å². The zero-order valence-electron chi connectivity index (χ0n) is 12.4. The lowest BCUT2D eigenvalue weighted by Gasteiger charge is -2.21. The highest BCUT2D eigenvalue weighted by molar-refractivity contribution is 5.96. The minimum absolute atomic E-state index is 0. The Labute approximate surface area is 131 Å². The number of nitrogens with one attached hydrogen (secondary N) is 2. The molecule has 0 spiro atoms. The summed E-state index contributed by atoms with van der Waals surface area (Å²) in [6.07, 6.45) is 1.96. The number of carbonyl (C=O) groups excluding carboxylic acids is 2. The van der Waals surface area contributed by atoms with Gasteiger partial charge in [0.2, 0.25) is 5.91 Å². The molecule has 6 heteroatoms. The van der Waals surface area contributed by atoms with Crippen molar-refractivity contribution in [2.75, 3.05) is 32.5 Å². The molecule has 21 heavy (non-hydrogen) atoms. The van der Waals surface area contributed by atoms with Crippen molar-refractivity contribution in [3.8, 4) is 0 Å². The van der Waals surface area contributed by atoms with Gasteiger partial charge in [0, 0.05) is 31.9 Å². The molecule has 0 saturated carbocycles. The molecule has 5 nitrogen and oxygen atoms in total. The first-order valence-electron chi connectivity index (χ1n) is 6.91. The van der Waals surface area contributed by atoms with Crippen molar-refractivity contribution in [3.63, 3.8) is 0 Å². The molecule has 116 valence electrons. The molecule has 0 bridgehead atoms. The fourth-order valence-corrected chi connectivity index (χ4v) is 2.27. The summed E-state index contributed by atoms with van der Waals surface area (Å²) in [5.74, 6) is 0.0371. The molecule has 0 aromatic heterocycles. The first-order valence-corrected chi connectivity index (χ1v) is 6.91. The lowest BCUT2D eigenvalue weighted by atomic mass is 9.99. The molecule has 1 heterocycles.